The van der Waals surface area contributed by atoms with Crippen molar-refractivity contribution < 1.29 is 0 Å². The molecule has 0 fully saturated rings. The van der Waals surface area contributed by atoms with Crippen LogP contribution in [0, 0.1) is 11.8 Å². The van der Waals surface area contributed by atoms with E-state index < -0.39 is 0 Å². The van der Waals surface area contributed by atoms with Gasteiger partial charge in [0.05, 0.1) is 10.7 Å². The highest BCUT2D eigenvalue weighted by Gasteiger charge is 2.19. The summed E-state index contributed by atoms with van der Waals surface area (Å²) in [6.07, 6.45) is 1.10. The van der Waals surface area contributed by atoms with E-state index >= 15 is 0 Å². The fourth-order valence-corrected chi connectivity index (χ4v) is 2.96. The monoisotopic (exact) mass is 268 g/mol. The molecule has 2 unspecified atom stereocenters. The number of nitrogens with zero attached hydrogens (tertiary/aromatic N) is 1. The Balaban J connectivity index is 2.54. The number of hydrogen-bond acceptors (Lipinski definition) is 3. The fourth-order valence-electron chi connectivity index (χ4n) is 1.80. The fraction of sp³-hybridized carbons (Fsp3) is 0.800. The van der Waals surface area contributed by atoms with E-state index in [1.54, 1.807) is 0 Å². The summed E-state index contributed by atoms with van der Waals surface area (Å²) in [4.78, 5) is 4.78. The molecule has 3 heteroatoms. The third-order valence-corrected chi connectivity index (χ3v) is 4.38. The molecule has 2 atom stereocenters. The van der Waals surface area contributed by atoms with Crippen molar-refractivity contribution in [3.63, 3.8) is 0 Å². The van der Waals surface area contributed by atoms with Crippen LogP contribution in [0.2, 0.25) is 0 Å². The topological polar surface area (TPSA) is 24.9 Å². The number of rotatable bonds is 6. The van der Waals surface area contributed by atoms with Gasteiger partial charge in [-0.05, 0) is 24.9 Å². The molecule has 18 heavy (non-hydrogen) atoms. The maximum Gasteiger partial charge on any atom is 0.0931 e. The van der Waals surface area contributed by atoms with Crippen LogP contribution in [0.5, 0.6) is 0 Å². The van der Waals surface area contributed by atoms with Crippen LogP contribution in [0.3, 0.4) is 0 Å². The molecule has 1 heterocycles. The zero-order chi connectivity index (χ0) is 13.8. The Kier molecular flexibility index (Phi) is 5.80. The third-order valence-electron chi connectivity index (χ3n) is 3.50. The predicted octanol–water partition coefficient (Wildman–Crippen LogP) is 3.86. The van der Waals surface area contributed by atoms with Gasteiger partial charge in [0.1, 0.15) is 0 Å². The summed E-state index contributed by atoms with van der Waals surface area (Å²) in [5.74, 6) is 1.38. The van der Waals surface area contributed by atoms with Gasteiger partial charge in [0.25, 0.3) is 0 Å². The highest BCUT2D eigenvalue weighted by molar-refractivity contribution is 7.09. The smallest absolute Gasteiger partial charge is 0.0931 e. The van der Waals surface area contributed by atoms with Crippen molar-refractivity contribution in [1.29, 1.82) is 0 Å². The van der Waals surface area contributed by atoms with Gasteiger partial charge < -0.3 is 5.32 Å². The van der Waals surface area contributed by atoms with Crippen LogP contribution in [0.1, 0.15) is 52.2 Å². The zero-order valence-corrected chi connectivity index (χ0v) is 13.5. The summed E-state index contributed by atoms with van der Waals surface area (Å²) in [5, 5.41) is 6.93. The lowest BCUT2D eigenvalue weighted by atomic mass is 9.92. The Morgan fingerprint density at radius 3 is 2.44 bits per heavy atom. The zero-order valence-electron chi connectivity index (χ0n) is 12.7. The lowest BCUT2D eigenvalue weighted by Crippen LogP contribution is -2.25. The number of aromatic nitrogens is 1. The molecule has 1 rings (SSSR count). The first-order valence-electron chi connectivity index (χ1n) is 7.00. The van der Waals surface area contributed by atoms with Gasteiger partial charge in [0, 0.05) is 17.2 Å². The van der Waals surface area contributed by atoms with E-state index in [0.717, 1.165) is 19.5 Å². The molecule has 0 radical (unpaired) electrons. The summed E-state index contributed by atoms with van der Waals surface area (Å²) in [6.45, 7) is 15.7. The van der Waals surface area contributed by atoms with Crippen molar-refractivity contribution in [1.82, 2.24) is 10.3 Å². The molecule has 0 aliphatic carbocycles. The van der Waals surface area contributed by atoms with Crippen molar-refractivity contribution in [3.05, 3.63) is 16.1 Å². The molecule has 0 bridgehead atoms. The Labute approximate surface area is 116 Å². The van der Waals surface area contributed by atoms with E-state index in [1.807, 2.05) is 11.3 Å². The third kappa shape index (κ3) is 4.69. The molecule has 2 nitrogen and oxygen atoms in total. The van der Waals surface area contributed by atoms with Crippen molar-refractivity contribution in [2.45, 2.75) is 53.4 Å². The molecule has 0 aliphatic rings. The highest BCUT2D eigenvalue weighted by Crippen LogP contribution is 2.26. The molecule has 0 amide bonds. The quantitative estimate of drug-likeness (QED) is 0.847. The van der Waals surface area contributed by atoms with Crippen LogP contribution in [0.15, 0.2) is 5.38 Å². The number of thiazole rings is 1. The van der Waals surface area contributed by atoms with Crippen molar-refractivity contribution in [3.8, 4) is 0 Å². The molecule has 104 valence electrons. The molecule has 1 N–H and O–H groups in total. The molecular formula is C15H28N2S. The molecular weight excluding hydrogens is 240 g/mol. The van der Waals surface area contributed by atoms with Crippen LogP contribution in [-0.2, 0) is 11.8 Å². The molecule has 0 aliphatic heterocycles. The molecule has 0 saturated heterocycles. The molecule has 0 aromatic carbocycles. The van der Waals surface area contributed by atoms with Crippen LogP contribution in [0.25, 0.3) is 0 Å². The average molecular weight is 268 g/mol. The second-order valence-electron chi connectivity index (χ2n) is 6.34. The van der Waals surface area contributed by atoms with E-state index in [4.69, 9.17) is 4.98 Å². The second kappa shape index (κ2) is 6.67. The SMILES string of the molecule is CCNCC(C)C(C)Cc1nc(C(C)(C)C)cs1. The van der Waals surface area contributed by atoms with E-state index in [2.05, 4.69) is 52.2 Å². The summed E-state index contributed by atoms with van der Waals surface area (Å²) in [7, 11) is 0. The van der Waals surface area contributed by atoms with Crippen molar-refractivity contribution >= 4 is 11.3 Å². The Morgan fingerprint density at radius 1 is 1.28 bits per heavy atom. The van der Waals surface area contributed by atoms with Gasteiger partial charge in [-0.2, -0.15) is 0 Å². The summed E-state index contributed by atoms with van der Waals surface area (Å²) in [5.41, 5.74) is 1.40. The van der Waals surface area contributed by atoms with Crippen LogP contribution in [-0.4, -0.2) is 18.1 Å². The molecule has 1 aromatic rings. The molecule has 0 saturated carbocycles. The second-order valence-corrected chi connectivity index (χ2v) is 7.29. The average Bonchev–Trinajstić information content (AvgIpc) is 2.73. The van der Waals surface area contributed by atoms with E-state index in [-0.39, 0.29) is 5.41 Å². The Bertz CT molecular complexity index is 352. The Morgan fingerprint density at radius 2 is 1.94 bits per heavy atom. The minimum atomic E-state index is 0.174. The van der Waals surface area contributed by atoms with Crippen molar-refractivity contribution in [2.75, 3.05) is 13.1 Å². The van der Waals surface area contributed by atoms with Gasteiger partial charge in [-0.1, -0.05) is 41.5 Å². The molecule has 1 aromatic heterocycles. The number of hydrogen-bond donors (Lipinski definition) is 1. The van der Waals surface area contributed by atoms with Crippen LogP contribution >= 0.6 is 11.3 Å². The van der Waals surface area contributed by atoms with Gasteiger partial charge in [0.2, 0.25) is 0 Å². The number of nitrogens with one attached hydrogen (secondary N) is 1. The van der Waals surface area contributed by atoms with E-state index in [0.29, 0.717) is 11.8 Å². The van der Waals surface area contributed by atoms with Crippen LogP contribution in [0.4, 0.5) is 0 Å². The first-order valence-corrected chi connectivity index (χ1v) is 7.88. The maximum atomic E-state index is 4.78. The van der Waals surface area contributed by atoms with Gasteiger partial charge in [-0.15, -0.1) is 11.3 Å². The van der Waals surface area contributed by atoms with Gasteiger partial charge in [0.15, 0.2) is 0 Å². The first-order chi connectivity index (χ1) is 8.34. The minimum absolute atomic E-state index is 0.174. The predicted molar refractivity (Wildman–Crippen MR) is 81.4 cm³/mol. The maximum absolute atomic E-state index is 4.78. The summed E-state index contributed by atoms with van der Waals surface area (Å²) in [6, 6.07) is 0. The van der Waals surface area contributed by atoms with Gasteiger partial charge in [-0.3, -0.25) is 0 Å². The highest BCUT2D eigenvalue weighted by atomic mass is 32.1. The lowest BCUT2D eigenvalue weighted by molar-refractivity contribution is 0.367. The minimum Gasteiger partial charge on any atom is -0.317 e. The normalized spacial score (nSPS) is 15.7. The van der Waals surface area contributed by atoms with Crippen molar-refractivity contribution in [2.24, 2.45) is 11.8 Å². The Hall–Kier alpha value is -0.410. The standard InChI is InChI=1S/C15H28N2S/c1-7-16-9-12(3)11(2)8-14-17-13(10-18-14)15(4,5)6/h10-12,16H,7-9H2,1-6H3. The largest absolute Gasteiger partial charge is 0.317 e. The van der Waals surface area contributed by atoms with E-state index in [9.17, 15) is 0 Å². The van der Waals surface area contributed by atoms with E-state index in [1.165, 1.54) is 10.7 Å². The van der Waals surface area contributed by atoms with Gasteiger partial charge in [-0.25, -0.2) is 4.98 Å². The molecule has 0 spiro atoms. The summed E-state index contributed by atoms with van der Waals surface area (Å²) < 4.78 is 0. The lowest BCUT2D eigenvalue weighted by Gasteiger charge is -2.19. The van der Waals surface area contributed by atoms with Crippen LogP contribution < -0.4 is 5.32 Å². The first kappa shape index (κ1) is 15.6. The van der Waals surface area contributed by atoms with Gasteiger partial charge >= 0.3 is 0 Å². The summed E-state index contributed by atoms with van der Waals surface area (Å²) >= 11 is 1.81.